The molecular weight excluding hydrogens is 146 g/mol. The number of aromatic nitrogens is 2. The van der Waals surface area contributed by atoms with Gasteiger partial charge in [-0.3, -0.25) is 4.68 Å². The van der Waals surface area contributed by atoms with E-state index in [1.807, 2.05) is 13.1 Å². The van der Waals surface area contributed by atoms with E-state index in [4.69, 9.17) is 18.0 Å². The molecule has 4 heteroatoms. The molecule has 0 aliphatic heterocycles. The lowest BCUT2D eigenvalue weighted by Gasteiger charge is -1.95. The highest BCUT2D eigenvalue weighted by Crippen LogP contribution is 1.92. The highest BCUT2D eigenvalue weighted by molar-refractivity contribution is 7.80. The SMILES string of the molecule is Cc1cnn(CC(N)=S)c1. The van der Waals surface area contributed by atoms with E-state index in [1.54, 1.807) is 10.9 Å². The molecule has 10 heavy (non-hydrogen) atoms. The van der Waals surface area contributed by atoms with Crippen LogP contribution >= 0.6 is 12.2 Å². The Hall–Kier alpha value is -0.900. The Bertz CT molecular complexity index is 241. The number of thiocarbonyl (C=S) groups is 1. The second kappa shape index (κ2) is 2.79. The van der Waals surface area contributed by atoms with Crippen LogP contribution < -0.4 is 5.73 Å². The van der Waals surface area contributed by atoms with Crippen LogP contribution in [-0.2, 0) is 6.54 Å². The molecule has 1 aromatic heterocycles. The van der Waals surface area contributed by atoms with E-state index in [0.717, 1.165) is 5.56 Å². The van der Waals surface area contributed by atoms with Crippen LogP contribution in [0, 0.1) is 6.92 Å². The number of rotatable bonds is 2. The molecule has 1 heterocycles. The van der Waals surface area contributed by atoms with E-state index in [-0.39, 0.29) is 0 Å². The summed E-state index contributed by atoms with van der Waals surface area (Å²) in [4.78, 5) is 0.461. The Kier molecular flexibility index (Phi) is 2.01. The molecule has 0 aliphatic rings. The fraction of sp³-hybridized carbons (Fsp3) is 0.333. The number of hydrogen-bond acceptors (Lipinski definition) is 2. The molecule has 0 radical (unpaired) electrons. The van der Waals surface area contributed by atoms with Crippen molar-refractivity contribution in [1.82, 2.24) is 9.78 Å². The van der Waals surface area contributed by atoms with Crippen LogP contribution in [0.2, 0.25) is 0 Å². The highest BCUT2D eigenvalue weighted by Gasteiger charge is 1.93. The minimum atomic E-state index is 0.461. The zero-order chi connectivity index (χ0) is 7.56. The van der Waals surface area contributed by atoms with E-state index >= 15 is 0 Å². The van der Waals surface area contributed by atoms with Gasteiger partial charge in [-0.1, -0.05) is 12.2 Å². The van der Waals surface area contributed by atoms with Gasteiger partial charge in [-0.2, -0.15) is 5.10 Å². The number of nitrogens with two attached hydrogens (primary N) is 1. The monoisotopic (exact) mass is 155 g/mol. The van der Waals surface area contributed by atoms with Crippen molar-refractivity contribution in [1.29, 1.82) is 0 Å². The third-order valence-corrected chi connectivity index (χ3v) is 1.21. The molecule has 0 atom stereocenters. The first-order valence-corrected chi connectivity index (χ1v) is 3.36. The molecule has 0 aliphatic carbocycles. The van der Waals surface area contributed by atoms with Gasteiger partial charge in [0, 0.05) is 6.20 Å². The van der Waals surface area contributed by atoms with Gasteiger partial charge in [0.25, 0.3) is 0 Å². The van der Waals surface area contributed by atoms with Crippen LogP contribution in [0.3, 0.4) is 0 Å². The molecule has 2 N–H and O–H groups in total. The molecule has 54 valence electrons. The van der Waals surface area contributed by atoms with Crippen LogP contribution in [0.5, 0.6) is 0 Å². The first kappa shape index (κ1) is 7.21. The first-order valence-electron chi connectivity index (χ1n) is 2.96. The maximum atomic E-state index is 5.30. The molecule has 1 aromatic rings. The number of nitrogens with zero attached hydrogens (tertiary/aromatic N) is 2. The number of hydrogen-bond donors (Lipinski definition) is 1. The Balaban J connectivity index is 2.67. The van der Waals surface area contributed by atoms with Gasteiger partial charge in [0.05, 0.1) is 17.7 Å². The van der Waals surface area contributed by atoms with Gasteiger partial charge in [-0.15, -0.1) is 0 Å². The van der Waals surface area contributed by atoms with Gasteiger partial charge in [0.15, 0.2) is 0 Å². The molecule has 0 saturated heterocycles. The third kappa shape index (κ3) is 1.80. The van der Waals surface area contributed by atoms with Crippen LogP contribution in [0.15, 0.2) is 12.4 Å². The van der Waals surface area contributed by atoms with Crippen LogP contribution in [0.4, 0.5) is 0 Å². The molecule has 0 fully saturated rings. The normalized spacial score (nSPS) is 9.70. The summed E-state index contributed by atoms with van der Waals surface area (Å²) in [7, 11) is 0. The summed E-state index contributed by atoms with van der Waals surface area (Å²) < 4.78 is 1.72. The van der Waals surface area contributed by atoms with Crippen molar-refractivity contribution in [3.05, 3.63) is 18.0 Å². The largest absolute Gasteiger partial charge is 0.392 e. The predicted octanol–water partition coefficient (Wildman–Crippen LogP) is 0.478. The first-order chi connectivity index (χ1) is 4.68. The van der Waals surface area contributed by atoms with E-state index in [1.165, 1.54) is 0 Å². The summed E-state index contributed by atoms with van der Waals surface area (Å²) in [5.74, 6) is 0. The minimum Gasteiger partial charge on any atom is -0.392 e. The lowest BCUT2D eigenvalue weighted by atomic mass is 10.4. The van der Waals surface area contributed by atoms with Crippen LogP contribution in [0.25, 0.3) is 0 Å². The second-order valence-electron chi connectivity index (χ2n) is 2.18. The standard InChI is InChI=1S/C6H9N3S/c1-5-2-8-9(3-5)4-6(7)10/h2-3H,4H2,1H3,(H2,7,10). The van der Waals surface area contributed by atoms with Gasteiger partial charge < -0.3 is 5.73 Å². The molecule has 3 nitrogen and oxygen atoms in total. The van der Waals surface area contributed by atoms with Gasteiger partial charge in [-0.25, -0.2) is 0 Å². The van der Waals surface area contributed by atoms with Crippen molar-refractivity contribution in [3.8, 4) is 0 Å². The Labute approximate surface area is 64.8 Å². The summed E-state index contributed by atoms with van der Waals surface area (Å²) in [5, 5.41) is 4.01. The molecule has 0 aromatic carbocycles. The molecule has 0 amide bonds. The maximum Gasteiger partial charge on any atom is 0.0945 e. The van der Waals surface area contributed by atoms with Crippen molar-refractivity contribution in [2.45, 2.75) is 13.5 Å². The van der Waals surface area contributed by atoms with Crippen LogP contribution in [-0.4, -0.2) is 14.8 Å². The molecule has 0 bridgehead atoms. The Morgan fingerprint density at radius 3 is 3.00 bits per heavy atom. The predicted molar refractivity (Wildman–Crippen MR) is 43.7 cm³/mol. The minimum absolute atomic E-state index is 0.461. The van der Waals surface area contributed by atoms with Crippen molar-refractivity contribution < 1.29 is 0 Å². The van der Waals surface area contributed by atoms with Crippen molar-refractivity contribution in [3.63, 3.8) is 0 Å². The Morgan fingerprint density at radius 1 is 1.90 bits per heavy atom. The van der Waals surface area contributed by atoms with Crippen molar-refractivity contribution in [2.24, 2.45) is 5.73 Å². The van der Waals surface area contributed by atoms with Crippen molar-refractivity contribution >= 4 is 17.2 Å². The van der Waals surface area contributed by atoms with Gasteiger partial charge in [-0.05, 0) is 12.5 Å². The average molecular weight is 155 g/mol. The zero-order valence-corrected chi connectivity index (χ0v) is 6.56. The summed E-state index contributed by atoms with van der Waals surface area (Å²) in [6, 6.07) is 0. The fourth-order valence-electron chi connectivity index (χ4n) is 0.713. The second-order valence-corrected chi connectivity index (χ2v) is 2.71. The van der Waals surface area contributed by atoms with E-state index < -0.39 is 0 Å². The maximum absolute atomic E-state index is 5.30. The topological polar surface area (TPSA) is 43.8 Å². The van der Waals surface area contributed by atoms with Gasteiger partial charge in [0.1, 0.15) is 0 Å². The summed E-state index contributed by atoms with van der Waals surface area (Å²) in [6.07, 6.45) is 3.68. The highest BCUT2D eigenvalue weighted by atomic mass is 32.1. The van der Waals surface area contributed by atoms with Crippen LogP contribution in [0.1, 0.15) is 5.56 Å². The summed E-state index contributed by atoms with van der Waals surface area (Å²) >= 11 is 4.70. The van der Waals surface area contributed by atoms with Crippen molar-refractivity contribution in [2.75, 3.05) is 0 Å². The lowest BCUT2D eigenvalue weighted by Crippen LogP contribution is -2.16. The van der Waals surface area contributed by atoms with E-state index in [9.17, 15) is 0 Å². The summed E-state index contributed by atoms with van der Waals surface area (Å²) in [6.45, 7) is 2.51. The molecule has 0 spiro atoms. The molecule has 1 rings (SSSR count). The third-order valence-electron chi connectivity index (χ3n) is 1.08. The average Bonchev–Trinajstić information content (AvgIpc) is 2.13. The summed E-state index contributed by atoms with van der Waals surface area (Å²) in [5.41, 5.74) is 6.43. The van der Waals surface area contributed by atoms with Gasteiger partial charge in [0.2, 0.25) is 0 Å². The molecule has 0 saturated carbocycles. The van der Waals surface area contributed by atoms with E-state index in [2.05, 4.69) is 5.10 Å². The quantitative estimate of drug-likeness (QED) is 0.632. The smallest absolute Gasteiger partial charge is 0.0945 e. The fourth-order valence-corrected chi connectivity index (χ4v) is 0.845. The molecular formula is C6H9N3S. The lowest BCUT2D eigenvalue weighted by molar-refractivity contribution is 0.725. The zero-order valence-electron chi connectivity index (χ0n) is 5.74. The van der Waals surface area contributed by atoms with E-state index in [0.29, 0.717) is 11.5 Å². The molecule has 0 unspecified atom stereocenters. The van der Waals surface area contributed by atoms with Gasteiger partial charge >= 0.3 is 0 Å². The number of aryl methyl sites for hydroxylation is 1. The Morgan fingerprint density at radius 2 is 2.60 bits per heavy atom.